The summed E-state index contributed by atoms with van der Waals surface area (Å²) in [7, 11) is 0. The number of ether oxygens (including phenoxy) is 1. The third kappa shape index (κ3) is 5.17. The van der Waals surface area contributed by atoms with E-state index in [9.17, 15) is 5.11 Å². The molecule has 4 nitrogen and oxygen atoms in total. The molecule has 0 aliphatic rings. The molecule has 0 saturated carbocycles. The maximum Gasteiger partial charge on any atom is 0.119 e. The summed E-state index contributed by atoms with van der Waals surface area (Å²) in [6.07, 6.45) is 1.21. The summed E-state index contributed by atoms with van der Waals surface area (Å²) in [5, 5.41) is 13.2. The van der Waals surface area contributed by atoms with Gasteiger partial charge in [0.15, 0.2) is 0 Å². The number of nitrogens with one attached hydrogen (secondary N) is 1. The second-order valence-corrected chi connectivity index (χ2v) is 5.16. The number of aliphatic hydroxyl groups excluding tert-OH is 1. The Bertz CT molecular complexity index is 528. The highest BCUT2D eigenvalue weighted by atomic mass is 16.5. The summed E-state index contributed by atoms with van der Waals surface area (Å²) in [5.74, 6) is 0.775. The number of aliphatic hydroxyl groups is 1. The zero-order valence-electron chi connectivity index (χ0n) is 12.5. The molecule has 0 fully saturated rings. The Hall–Kier alpha value is -1.91. The molecule has 1 aromatic carbocycles. The van der Waals surface area contributed by atoms with Crippen LogP contribution in [0.5, 0.6) is 5.75 Å². The van der Waals surface area contributed by atoms with E-state index < -0.39 is 6.10 Å². The molecule has 112 valence electrons. The Balaban J connectivity index is 1.72. The quantitative estimate of drug-likeness (QED) is 0.821. The first kappa shape index (κ1) is 15.5. The number of benzene rings is 1. The van der Waals surface area contributed by atoms with Gasteiger partial charge in [-0.15, -0.1) is 0 Å². The topological polar surface area (TPSA) is 54.4 Å². The predicted octanol–water partition coefficient (Wildman–Crippen LogP) is 2.48. The molecule has 0 aliphatic carbocycles. The Morgan fingerprint density at radius 3 is 2.62 bits per heavy atom. The molecule has 2 atom stereocenters. The SMILES string of the molecule is Cc1ccc(OCC(O)CN[C@H](C)c2ccccn2)cc1. The number of pyridine rings is 1. The highest BCUT2D eigenvalue weighted by molar-refractivity contribution is 5.26. The smallest absolute Gasteiger partial charge is 0.119 e. The second-order valence-electron chi connectivity index (χ2n) is 5.16. The van der Waals surface area contributed by atoms with Crippen molar-refractivity contribution in [2.45, 2.75) is 26.0 Å². The fourth-order valence-corrected chi connectivity index (χ4v) is 1.94. The Kier molecular flexibility index (Phi) is 5.72. The van der Waals surface area contributed by atoms with Crippen molar-refractivity contribution in [3.05, 3.63) is 59.9 Å². The average Bonchev–Trinajstić information content (AvgIpc) is 2.53. The van der Waals surface area contributed by atoms with E-state index in [1.165, 1.54) is 5.56 Å². The van der Waals surface area contributed by atoms with Crippen LogP contribution in [-0.2, 0) is 0 Å². The van der Waals surface area contributed by atoms with Crippen LogP contribution in [0.3, 0.4) is 0 Å². The molecular weight excluding hydrogens is 264 g/mol. The van der Waals surface area contributed by atoms with E-state index in [1.54, 1.807) is 6.20 Å². The lowest BCUT2D eigenvalue weighted by molar-refractivity contribution is 0.104. The minimum absolute atomic E-state index is 0.0974. The van der Waals surface area contributed by atoms with Gasteiger partial charge in [-0.05, 0) is 38.1 Å². The standard InChI is InChI=1S/C17H22N2O2/c1-13-6-8-16(9-7-13)21-12-15(20)11-19-14(2)17-5-3-4-10-18-17/h3-10,14-15,19-20H,11-12H2,1-2H3/t14-,15?/m1/s1. The number of hydrogen-bond donors (Lipinski definition) is 2. The molecule has 2 rings (SSSR count). The highest BCUT2D eigenvalue weighted by Crippen LogP contribution is 2.12. The van der Waals surface area contributed by atoms with Crippen LogP contribution in [0.4, 0.5) is 0 Å². The Labute approximate surface area is 125 Å². The Morgan fingerprint density at radius 1 is 1.19 bits per heavy atom. The molecule has 4 heteroatoms. The van der Waals surface area contributed by atoms with Crippen LogP contribution in [0.15, 0.2) is 48.7 Å². The summed E-state index contributed by atoms with van der Waals surface area (Å²) < 4.78 is 5.56. The molecule has 0 bridgehead atoms. The van der Waals surface area contributed by atoms with Crippen LogP contribution < -0.4 is 10.1 Å². The number of aromatic nitrogens is 1. The van der Waals surface area contributed by atoms with Crippen molar-refractivity contribution in [3.63, 3.8) is 0 Å². The van der Waals surface area contributed by atoms with Crippen molar-refractivity contribution < 1.29 is 9.84 Å². The lowest BCUT2D eigenvalue weighted by atomic mass is 10.2. The van der Waals surface area contributed by atoms with E-state index in [-0.39, 0.29) is 12.6 Å². The molecule has 2 N–H and O–H groups in total. The Morgan fingerprint density at radius 2 is 1.95 bits per heavy atom. The molecule has 0 amide bonds. The van der Waals surface area contributed by atoms with Crippen LogP contribution in [0, 0.1) is 6.92 Å². The molecule has 0 aliphatic heterocycles. The lowest BCUT2D eigenvalue weighted by Gasteiger charge is -2.17. The summed E-state index contributed by atoms with van der Waals surface area (Å²) >= 11 is 0. The normalized spacial score (nSPS) is 13.7. The molecular formula is C17H22N2O2. The van der Waals surface area contributed by atoms with Gasteiger partial charge in [0.25, 0.3) is 0 Å². The molecule has 2 aromatic rings. The maximum absolute atomic E-state index is 9.95. The van der Waals surface area contributed by atoms with E-state index in [2.05, 4.69) is 10.3 Å². The number of aryl methyl sites for hydroxylation is 1. The predicted molar refractivity (Wildman–Crippen MR) is 83.3 cm³/mol. The minimum atomic E-state index is -0.558. The van der Waals surface area contributed by atoms with Gasteiger partial charge in [0.1, 0.15) is 18.5 Å². The van der Waals surface area contributed by atoms with Gasteiger partial charge in [-0.25, -0.2) is 0 Å². The van der Waals surface area contributed by atoms with Gasteiger partial charge in [-0.1, -0.05) is 23.8 Å². The van der Waals surface area contributed by atoms with Crippen molar-refractivity contribution in [1.29, 1.82) is 0 Å². The minimum Gasteiger partial charge on any atom is -0.491 e. The van der Waals surface area contributed by atoms with Gasteiger partial charge in [0, 0.05) is 18.8 Å². The molecule has 1 heterocycles. The van der Waals surface area contributed by atoms with Crippen molar-refractivity contribution in [3.8, 4) is 5.75 Å². The number of nitrogens with zero attached hydrogens (tertiary/aromatic N) is 1. The third-order valence-corrected chi connectivity index (χ3v) is 3.25. The van der Waals surface area contributed by atoms with Crippen molar-refractivity contribution >= 4 is 0 Å². The van der Waals surface area contributed by atoms with Crippen molar-refractivity contribution in [1.82, 2.24) is 10.3 Å². The van der Waals surface area contributed by atoms with Crippen LogP contribution in [-0.4, -0.2) is 29.3 Å². The second kappa shape index (κ2) is 7.76. The summed E-state index contributed by atoms with van der Waals surface area (Å²) in [5.41, 5.74) is 2.15. The van der Waals surface area contributed by atoms with Gasteiger partial charge in [0.05, 0.1) is 5.69 Å². The number of rotatable bonds is 7. The molecule has 0 saturated heterocycles. The molecule has 1 unspecified atom stereocenters. The fraction of sp³-hybridized carbons (Fsp3) is 0.353. The first-order chi connectivity index (χ1) is 10.1. The summed E-state index contributed by atoms with van der Waals surface area (Å²) in [4.78, 5) is 4.28. The lowest BCUT2D eigenvalue weighted by Crippen LogP contribution is -2.33. The monoisotopic (exact) mass is 286 g/mol. The van der Waals surface area contributed by atoms with E-state index in [0.29, 0.717) is 6.54 Å². The van der Waals surface area contributed by atoms with Gasteiger partial charge in [-0.3, -0.25) is 4.98 Å². The third-order valence-electron chi connectivity index (χ3n) is 3.25. The largest absolute Gasteiger partial charge is 0.491 e. The zero-order chi connectivity index (χ0) is 15.1. The maximum atomic E-state index is 9.95. The fourth-order valence-electron chi connectivity index (χ4n) is 1.94. The van der Waals surface area contributed by atoms with Crippen LogP contribution >= 0.6 is 0 Å². The van der Waals surface area contributed by atoms with Gasteiger partial charge < -0.3 is 15.2 Å². The van der Waals surface area contributed by atoms with E-state index in [4.69, 9.17) is 4.74 Å². The van der Waals surface area contributed by atoms with E-state index in [0.717, 1.165) is 11.4 Å². The first-order valence-electron chi connectivity index (χ1n) is 7.17. The first-order valence-corrected chi connectivity index (χ1v) is 7.17. The van der Waals surface area contributed by atoms with Crippen molar-refractivity contribution in [2.24, 2.45) is 0 Å². The number of hydrogen-bond acceptors (Lipinski definition) is 4. The molecule has 1 aromatic heterocycles. The van der Waals surface area contributed by atoms with Crippen LogP contribution in [0.1, 0.15) is 24.2 Å². The molecule has 21 heavy (non-hydrogen) atoms. The van der Waals surface area contributed by atoms with Gasteiger partial charge in [0.2, 0.25) is 0 Å². The summed E-state index contributed by atoms with van der Waals surface area (Å²) in [6.45, 7) is 4.78. The van der Waals surface area contributed by atoms with Crippen LogP contribution in [0.2, 0.25) is 0 Å². The molecule has 0 spiro atoms. The van der Waals surface area contributed by atoms with E-state index in [1.807, 2.05) is 56.3 Å². The van der Waals surface area contributed by atoms with Crippen molar-refractivity contribution in [2.75, 3.05) is 13.2 Å². The zero-order valence-corrected chi connectivity index (χ0v) is 12.5. The average molecular weight is 286 g/mol. The van der Waals surface area contributed by atoms with Gasteiger partial charge in [-0.2, -0.15) is 0 Å². The van der Waals surface area contributed by atoms with Crippen LogP contribution in [0.25, 0.3) is 0 Å². The van der Waals surface area contributed by atoms with E-state index >= 15 is 0 Å². The molecule has 0 radical (unpaired) electrons. The summed E-state index contributed by atoms with van der Waals surface area (Å²) in [6, 6.07) is 13.7. The highest BCUT2D eigenvalue weighted by Gasteiger charge is 2.10. The van der Waals surface area contributed by atoms with Gasteiger partial charge >= 0.3 is 0 Å².